The van der Waals surface area contributed by atoms with Crippen LogP contribution in [-0.2, 0) is 11.8 Å². The van der Waals surface area contributed by atoms with Gasteiger partial charge in [-0.15, -0.1) is 0 Å². The number of aliphatic hydroxyl groups excluding tert-OH is 1. The highest BCUT2D eigenvalue weighted by atomic mass is 16.3. The Morgan fingerprint density at radius 3 is 2.81 bits per heavy atom. The first-order chi connectivity index (χ1) is 7.41. The van der Waals surface area contributed by atoms with Crippen molar-refractivity contribution in [3.8, 4) is 0 Å². The molecule has 90 valence electrons. The van der Waals surface area contributed by atoms with Crippen molar-refractivity contribution in [2.45, 2.75) is 26.0 Å². The van der Waals surface area contributed by atoms with Crippen LogP contribution in [0.2, 0.25) is 0 Å². The van der Waals surface area contributed by atoms with Crippen LogP contribution in [0.15, 0.2) is 6.20 Å². The van der Waals surface area contributed by atoms with Gasteiger partial charge in [-0.3, -0.25) is 9.48 Å². The number of nitrogens with two attached hydrogens (primary N) is 1. The second kappa shape index (κ2) is 5.09. The first-order valence-electron chi connectivity index (χ1n) is 5.12. The van der Waals surface area contributed by atoms with Crippen molar-refractivity contribution in [1.82, 2.24) is 15.1 Å². The summed E-state index contributed by atoms with van der Waals surface area (Å²) in [7, 11) is 1.85. The maximum atomic E-state index is 10.6. The minimum absolute atomic E-state index is 0.0164. The summed E-state index contributed by atoms with van der Waals surface area (Å²) in [5, 5.41) is 16.5. The van der Waals surface area contributed by atoms with Gasteiger partial charge in [-0.25, -0.2) is 0 Å². The average Bonchev–Trinajstić information content (AvgIpc) is 2.53. The van der Waals surface area contributed by atoms with Crippen molar-refractivity contribution in [3.05, 3.63) is 17.5 Å². The van der Waals surface area contributed by atoms with Gasteiger partial charge in [-0.1, -0.05) is 0 Å². The van der Waals surface area contributed by atoms with Gasteiger partial charge in [0.25, 0.3) is 0 Å². The Morgan fingerprint density at radius 2 is 2.38 bits per heavy atom. The number of carbonyl (C=O) groups excluding carboxylic acids is 1. The molecule has 16 heavy (non-hydrogen) atoms. The highest BCUT2D eigenvalue weighted by Crippen LogP contribution is 2.14. The minimum atomic E-state index is -1.15. The number of aliphatic hydroxyl groups is 1. The summed E-state index contributed by atoms with van der Waals surface area (Å²) in [6, 6.07) is 0.0164. The number of nitrogens with zero attached hydrogens (tertiary/aromatic N) is 2. The molecule has 0 aromatic carbocycles. The van der Waals surface area contributed by atoms with E-state index in [2.05, 4.69) is 10.4 Å². The Labute approximate surface area is 94.4 Å². The Balaban J connectivity index is 2.56. The highest BCUT2D eigenvalue weighted by molar-refractivity contribution is 5.78. The van der Waals surface area contributed by atoms with E-state index in [-0.39, 0.29) is 12.6 Å². The molecule has 0 fully saturated rings. The quantitative estimate of drug-likeness (QED) is 0.614. The zero-order valence-electron chi connectivity index (χ0n) is 9.77. The second-order valence-electron chi connectivity index (χ2n) is 3.89. The molecule has 0 aliphatic rings. The van der Waals surface area contributed by atoms with E-state index in [1.165, 1.54) is 0 Å². The number of nitrogens with one attached hydrogen (secondary N) is 1. The predicted molar refractivity (Wildman–Crippen MR) is 59.6 cm³/mol. The van der Waals surface area contributed by atoms with Crippen molar-refractivity contribution >= 4 is 5.91 Å². The number of rotatable bonds is 5. The lowest BCUT2D eigenvalue weighted by atomic mass is 10.1. The van der Waals surface area contributed by atoms with Crippen LogP contribution in [0.3, 0.4) is 0 Å². The van der Waals surface area contributed by atoms with Crippen LogP contribution < -0.4 is 11.1 Å². The van der Waals surface area contributed by atoms with Crippen molar-refractivity contribution in [1.29, 1.82) is 0 Å². The highest BCUT2D eigenvalue weighted by Gasteiger charge is 2.15. The summed E-state index contributed by atoms with van der Waals surface area (Å²) >= 11 is 0. The summed E-state index contributed by atoms with van der Waals surface area (Å²) in [4.78, 5) is 10.6. The number of hydrogen-bond donors (Lipinski definition) is 3. The number of primary amides is 1. The molecule has 0 bridgehead atoms. The molecule has 1 heterocycles. The van der Waals surface area contributed by atoms with Gasteiger partial charge >= 0.3 is 0 Å². The first kappa shape index (κ1) is 12.7. The maximum Gasteiger partial charge on any atom is 0.247 e. The van der Waals surface area contributed by atoms with Crippen molar-refractivity contribution in [2.75, 3.05) is 6.54 Å². The van der Waals surface area contributed by atoms with Gasteiger partial charge in [-0.05, 0) is 13.8 Å². The Morgan fingerprint density at radius 1 is 1.75 bits per heavy atom. The summed E-state index contributed by atoms with van der Waals surface area (Å²) in [6.07, 6.45) is 0.753. The molecule has 0 saturated carbocycles. The van der Waals surface area contributed by atoms with Gasteiger partial charge < -0.3 is 16.2 Å². The minimum Gasteiger partial charge on any atom is -0.382 e. The van der Waals surface area contributed by atoms with E-state index in [0.717, 1.165) is 11.3 Å². The van der Waals surface area contributed by atoms with Crippen LogP contribution in [0.4, 0.5) is 0 Å². The molecule has 1 amide bonds. The van der Waals surface area contributed by atoms with E-state index in [9.17, 15) is 9.90 Å². The molecule has 1 aromatic rings. The lowest BCUT2D eigenvalue weighted by Crippen LogP contribution is -2.38. The second-order valence-corrected chi connectivity index (χ2v) is 3.89. The fourth-order valence-electron chi connectivity index (χ4n) is 1.54. The largest absolute Gasteiger partial charge is 0.382 e. The Bertz CT molecular complexity index is 375. The number of hydrogen-bond acceptors (Lipinski definition) is 4. The van der Waals surface area contributed by atoms with Crippen LogP contribution in [0, 0.1) is 6.92 Å². The molecular formula is C10H18N4O2. The zero-order valence-corrected chi connectivity index (χ0v) is 9.77. The molecule has 0 aliphatic heterocycles. The predicted octanol–water partition coefficient (Wildman–Crippen LogP) is -0.775. The molecule has 0 radical (unpaired) electrons. The fourth-order valence-corrected chi connectivity index (χ4v) is 1.54. The van der Waals surface area contributed by atoms with Crippen LogP contribution in [0.5, 0.6) is 0 Å². The number of aryl methyl sites for hydroxylation is 2. The first-order valence-corrected chi connectivity index (χ1v) is 5.12. The molecular weight excluding hydrogens is 208 g/mol. The smallest absolute Gasteiger partial charge is 0.247 e. The number of amides is 1. The summed E-state index contributed by atoms with van der Waals surface area (Å²) in [6.45, 7) is 4.00. The van der Waals surface area contributed by atoms with Crippen LogP contribution >= 0.6 is 0 Å². The van der Waals surface area contributed by atoms with E-state index in [1.54, 1.807) is 4.68 Å². The summed E-state index contributed by atoms with van der Waals surface area (Å²) in [5.74, 6) is -0.720. The van der Waals surface area contributed by atoms with Gasteiger partial charge in [-0.2, -0.15) is 5.10 Å². The normalized spacial score (nSPS) is 14.8. The van der Waals surface area contributed by atoms with E-state index in [4.69, 9.17) is 5.73 Å². The van der Waals surface area contributed by atoms with Gasteiger partial charge in [0, 0.05) is 31.4 Å². The molecule has 4 N–H and O–H groups in total. The van der Waals surface area contributed by atoms with E-state index >= 15 is 0 Å². The molecule has 6 heteroatoms. The zero-order chi connectivity index (χ0) is 12.3. The van der Waals surface area contributed by atoms with Gasteiger partial charge in [0.05, 0.1) is 5.69 Å². The molecule has 2 atom stereocenters. The third-order valence-electron chi connectivity index (χ3n) is 2.46. The molecule has 0 saturated heterocycles. The monoisotopic (exact) mass is 226 g/mol. The number of carbonyl (C=O) groups is 1. The third kappa shape index (κ3) is 3.04. The van der Waals surface area contributed by atoms with Crippen molar-refractivity contribution in [3.63, 3.8) is 0 Å². The van der Waals surface area contributed by atoms with E-state index in [0.29, 0.717) is 0 Å². The van der Waals surface area contributed by atoms with Crippen molar-refractivity contribution in [2.24, 2.45) is 12.8 Å². The third-order valence-corrected chi connectivity index (χ3v) is 2.46. The van der Waals surface area contributed by atoms with Crippen LogP contribution in [0.25, 0.3) is 0 Å². The van der Waals surface area contributed by atoms with Crippen molar-refractivity contribution < 1.29 is 9.90 Å². The maximum absolute atomic E-state index is 10.6. The molecule has 0 spiro atoms. The summed E-state index contributed by atoms with van der Waals surface area (Å²) < 4.78 is 1.73. The van der Waals surface area contributed by atoms with E-state index < -0.39 is 12.0 Å². The Kier molecular flexibility index (Phi) is 4.03. The summed E-state index contributed by atoms with van der Waals surface area (Å²) in [5.41, 5.74) is 6.92. The van der Waals surface area contributed by atoms with E-state index in [1.807, 2.05) is 27.1 Å². The van der Waals surface area contributed by atoms with Crippen LogP contribution in [0.1, 0.15) is 24.2 Å². The lowest BCUT2D eigenvalue weighted by Gasteiger charge is -2.14. The lowest BCUT2D eigenvalue weighted by molar-refractivity contribution is -0.125. The fraction of sp³-hybridized carbons (Fsp3) is 0.600. The molecule has 2 unspecified atom stereocenters. The molecule has 6 nitrogen and oxygen atoms in total. The van der Waals surface area contributed by atoms with Gasteiger partial charge in [0.1, 0.15) is 6.10 Å². The molecule has 1 aromatic heterocycles. The number of aromatic nitrogens is 2. The van der Waals surface area contributed by atoms with Gasteiger partial charge in [0.2, 0.25) is 5.91 Å². The van der Waals surface area contributed by atoms with Crippen LogP contribution in [-0.4, -0.2) is 33.4 Å². The Hall–Kier alpha value is -1.40. The topological polar surface area (TPSA) is 93.2 Å². The average molecular weight is 226 g/mol. The molecule has 0 aliphatic carbocycles. The molecule has 1 rings (SSSR count). The standard InChI is InChI=1S/C10H18N4O2/c1-6(12-4-9(15)10(11)16)8-5-14(3)13-7(8)2/h5-6,9,12,15H,4H2,1-3H3,(H2,11,16). The SMILES string of the molecule is Cc1nn(C)cc1C(C)NCC(O)C(N)=O. The van der Waals surface area contributed by atoms with Gasteiger partial charge in [0.15, 0.2) is 0 Å².